The Balaban J connectivity index is 1.34. The molecule has 0 aliphatic carbocycles. The number of nitrogens with one attached hydrogen (secondary N) is 1. The summed E-state index contributed by atoms with van der Waals surface area (Å²) in [6.07, 6.45) is 8.42. The van der Waals surface area contributed by atoms with Crippen LogP contribution in [0.15, 0.2) is 72.9 Å². The van der Waals surface area contributed by atoms with Crippen LogP contribution in [0.25, 0.3) is 16.9 Å². The SMILES string of the molecule is CCCCc1nc(-c2ccc(OCCCCCN(C)CCNCC)cc2)cn1-c1ccc(Oc2ccc(F)c(CF)c2)cc1. The maximum atomic E-state index is 13.6. The summed E-state index contributed by atoms with van der Waals surface area (Å²) >= 11 is 0. The van der Waals surface area contributed by atoms with Gasteiger partial charge in [-0.3, -0.25) is 0 Å². The first-order valence-electron chi connectivity index (χ1n) is 15.8. The van der Waals surface area contributed by atoms with E-state index in [4.69, 9.17) is 14.5 Å². The molecule has 1 N–H and O–H groups in total. The Hall–Kier alpha value is -3.75. The molecule has 1 heterocycles. The fourth-order valence-electron chi connectivity index (χ4n) is 4.95. The molecule has 8 heteroatoms. The van der Waals surface area contributed by atoms with Crippen molar-refractivity contribution in [2.45, 2.75) is 59.0 Å². The predicted octanol–water partition coefficient (Wildman–Crippen LogP) is 8.37. The Morgan fingerprint density at radius 3 is 2.34 bits per heavy atom. The summed E-state index contributed by atoms with van der Waals surface area (Å²) in [7, 11) is 2.18. The van der Waals surface area contributed by atoms with Crippen molar-refractivity contribution in [2.75, 3.05) is 39.8 Å². The third-order valence-electron chi connectivity index (χ3n) is 7.57. The van der Waals surface area contributed by atoms with Crippen molar-refractivity contribution in [3.63, 3.8) is 0 Å². The van der Waals surface area contributed by atoms with Crippen molar-refractivity contribution in [1.82, 2.24) is 19.8 Å². The lowest BCUT2D eigenvalue weighted by atomic mass is 10.1. The number of hydrogen-bond acceptors (Lipinski definition) is 5. The minimum absolute atomic E-state index is 0.0181. The Morgan fingerprint density at radius 2 is 1.61 bits per heavy atom. The number of halogens is 2. The highest BCUT2D eigenvalue weighted by atomic mass is 19.1. The topological polar surface area (TPSA) is 51.5 Å². The maximum absolute atomic E-state index is 13.6. The first kappa shape index (κ1) is 33.1. The minimum Gasteiger partial charge on any atom is -0.494 e. The fourth-order valence-corrected chi connectivity index (χ4v) is 4.95. The summed E-state index contributed by atoms with van der Waals surface area (Å²) in [5.41, 5.74) is 2.89. The van der Waals surface area contributed by atoms with Crippen LogP contribution >= 0.6 is 0 Å². The Bertz CT molecular complexity index is 1410. The van der Waals surface area contributed by atoms with E-state index in [1.165, 1.54) is 24.6 Å². The molecule has 44 heavy (non-hydrogen) atoms. The van der Waals surface area contributed by atoms with Gasteiger partial charge in [0.05, 0.1) is 12.3 Å². The van der Waals surface area contributed by atoms with Crippen LogP contribution in [0.1, 0.15) is 57.3 Å². The number of aromatic nitrogens is 2. The lowest BCUT2D eigenvalue weighted by Crippen LogP contribution is -2.29. The summed E-state index contributed by atoms with van der Waals surface area (Å²) in [6, 6.07) is 19.9. The maximum Gasteiger partial charge on any atom is 0.129 e. The van der Waals surface area contributed by atoms with Gasteiger partial charge in [-0.05, 0) is 113 Å². The van der Waals surface area contributed by atoms with Gasteiger partial charge in [0.1, 0.15) is 35.6 Å². The largest absolute Gasteiger partial charge is 0.494 e. The van der Waals surface area contributed by atoms with Gasteiger partial charge >= 0.3 is 0 Å². The van der Waals surface area contributed by atoms with Crippen molar-refractivity contribution >= 4 is 0 Å². The molecule has 236 valence electrons. The van der Waals surface area contributed by atoms with Crippen LogP contribution in [-0.4, -0.2) is 54.3 Å². The number of nitrogens with zero attached hydrogens (tertiary/aromatic N) is 3. The van der Waals surface area contributed by atoms with E-state index in [9.17, 15) is 8.78 Å². The predicted molar refractivity (Wildman–Crippen MR) is 174 cm³/mol. The third-order valence-corrected chi connectivity index (χ3v) is 7.57. The van der Waals surface area contributed by atoms with Crippen molar-refractivity contribution in [3.8, 4) is 34.2 Å². The molecular weight excluding hydrogens is 558 g/mol. The Morgan fingerprint density at radius 1 is 0.864 bits per heavy atom. The number of benzene rings is 3. The van der Waals surface area contributed by atoms with Gasteiger partial charge in [0, 0.05) is 42.5 Å². The van der Waals surface area contributed by atoms with Gasteiger partial charge < -0.3 is 24.3 Å². The quantitative estimate of drug-likeness (QED) is 0.109. The lowest BCUT2D eigenvalue weighted by molar-refractivity contribution is 0.289. The zero-order valence-corrected chi connectivity index (χ0v) is 26.3. The molecule has 0 unspecified atom stereocenters. The molecule has 0 spiro atoms. The zero-order chi connectivity index (χ0) is 31.1. The minimum atomic E-state index is -0.878. The molecule has 0 atom stereocenters. The van der Waals surface area contributed by atoms with Crippen LogP contribution in [-0.2, 0) is 13.1 Å². The van der Waals surface area contributed by atoms with Crippen LogP contribution < -0.4 is 14.8 Å². The molecular formula is C36H46F2N4O2. The van der Waals surface area contributed by atoms with Gasteiger partial charge in [0.15, 0.2) is 0 Å². The van der Waals surface area contributed by atoms with E-state index in [0.717, 1.165) is 86.8 Å². The summed E-state index contributed by atoms with van der Waals surface area (Å²) < 4.78 is 40.7. The average molecular weight is 605 g/mol. The van der Waals surface area contributed by atoms with Crippen LogP contribution in [0.5, 0.6) is 17.2 Å². The van der Waals surface area contributed by atoms with E-state index in [-0.39, 0.29) is 5.56 Å². The molecule has 0 bridgehead atoms. The lowest BCUT2D eigenvalue weighted by Gasteiger charge is -2.16. The number of aryl methyl sites for hydroxylation is 1. The number of rotatable bonds is 19. The monoisotopic (exact) mass is 604 g/mol. The molecule has 0 radical (unpaired) electrons. The van der Waals surface area contributed by atoms with Crippen molar-refractivity contribution in [2.24, 2.45) is 0 Å². The van der Waals surface area contributed by atoms with E-state index in [1.807, 2.05) is 36.4 Å². The molecule has 0 amide bonds. The highest BCUT2D eigenvalue weighted by Gasteiger charge is 2.12. The van der Waals surface area contributed by atoms with Gasteiger partial charge in [-0.25, -0.2) is 13.8 Å². The number of unbranched alkanes of at least 4 members (excludes halogenated alkanes) is 3. The van der Waals surface area contributed by atoms with Gasteiger partial charge in [-0.1, -0.05) is 20.3 Å². The average Bonchev–Trinajstić information content (AvgIpc) is 3.47. The second kappa shape index (κ2) is 17.5. The second-order valence-electron chi connectivity index (χ2n) is 11.1. The van der Waals surface area contributed by atoms with Crippen LogP contribution in [0, 0.1) is 5.82 Å². The van der Waals surface area contributed by atoms with E-state index in [1.54, 1.807) is 0 Å². The van der Waals surface area contributed by atoms with Crippen molar-refractivity contribution < 1.29 is 18.3 Å². The molecule has 1 aromatic heterocycles. The zero-order valence-electron chi connectivity index (χ0n) is 26.3. The Kier molecular flexibility index (Phi) is 13.2. The standard InChI is InChI=1S/C36H46F2N4O2/c1-4-6-10-36-40-35(28-11-15-31(16-12-28)43-24-9-7-8-22-41(3)23-21-39-5-2)27-42(36)30-13-17-32(18-14-30)44-33-19-20-34(38)29(25-33)26-37/h11-20,25,27,39H,4-10,21-24,26H2,1-3H3. The van der Waals surface area contributed by atoms with E-state index in [2.05, 4.69) is 54.0 Å². The molecule has 4 rings (SSSR count). The number of likely N-dealkylation sites (N-methyl/N-ethyl adjacent to an activating group) is 2. The Labute approximate surface area is 261 Å². The molecule has 0 saturated carbocycles. The van der Waals surface area contributed by atoms with Crippen LogP contribution in [0.3, 0.4) is 0 Å². The fraction of sp³-hybridized carbons (Fsp3) is 0.417. The van der Waals surface area contributed by atoms with Gasteiger partial charge in [0.2, 0.25) is 0 Å². The molecule has 4 aromatic rings. The van der Waals surface area contributed by atoms with Crippen LogP contribution in [0.2, 0.25) is 0 Å². The van der Waals surface area contributed by atoms with E-state index in [0.29, 0.717) is 18.1 Å². The molecule has 0 aliphatic heterocycles. The molecule has 0 saturated heterocycles. The number of imidazole rings is 1. The third kappa shape index (κ3) is 9.89. The number of alkyl halides is 1. The summed E-state index contributed by atoms with van der Waals surface area (Å²) in [6.45, 7) is 8.41. The highest BCUT2D eigenvalue weighted by Crippen LogP contribution is 2.28. The smallest absolute Gasteiger partial charge is 0.129 e. The highest BCUT2D eigenvalue weighted by molar-refractivity contribution is 5.61. The first-order valence-corrected chi connectivity index (χ1v) is 15.8. The van der Waals surface area contributed by atoms with Crippen molar-refractivity contribution in [1.29, 1.82) is 0 Å². The summed E-state index contributed by atoms with van der Waals surface area (Å²) in [5.74, 6) is 2.27. The second-order valence-corrected chi connectivity index (χ2v) is 11.1. The van der Waals surface area contributed by atoms with Crippen molar-refractivity contribution in [3.05, 3.63) is 90.1 Å². The molecule has 0 fully saturated rings. The number of ether oxygens (including phenoxy) is 2. The summed E-state index contributed by atoms with van der Waals surface area (Å²) in [5, 5.41) is 3.37. The first-order chi connectivity index (χ1) is 21.5. The molecule has 0 aliphatic rings. The van der Waals surface area contributed by atoms with Gasteiger partial charge in [0.25, 0.3) is 0 Å². The van der Waals surface area contributed by atoms with Crippen LogP contribution in [0.4, 0.5) is 8.78 Å². The normalized spacial score (nSPS) is 11.3. The molecule has 3 aromatic carbocycles. The van der Waals surface area contributed by atoms with Gasteiger partial charge in [-0.15, -0.1) is 0 Å². The van der Waals surface area contributed by atoms with Gasteiger partial charge in [-0.2, -0.15) is 0 Å². The van der Waals surface area contributed by atoms with E-state index < -0.39 is 12.5 Å². The summed E-state index contributed by atoms with van der Waals surface area (Å²) in [4.78, 5) is 7.36. The number of hydrogen-bond donors (Lipinski definition) is 1. The van der Waals surface area contributed by atoms with E-state index >= 15 is 0 Å². The molecule has 6 nitrogen and oxygen atoms in total.